The zero-order valence-corrected chi connectivity index (χ0v) is 5.41. The summed E-state index contributed by atoms with van der Waals surface area (Å²) in [5.41, 5.74) is 0. The van der Waals surface area contributed by atoms with Crippen molar-refractivity contribution in [3.8, 4) is 0 Å². The molecule has 0 radical (unpaired) electrons. The van der Waals surface area contributed by atoms with E-state index in [-0.39, 0.29) is 12.8 Å². The van der Waals surface area contributed by atoms with Crippen LogP contribution in [0.1, 0.15) is 19.8 Å². The average molecular weight is 140 g/mol. The average Bonchev–Trinajstić information content (AvgIpc) is 1.87. The van der Waals surface area contributed by atoms with Crippen molar-refractivity contribution in [2.24, 2.45) is 0 Å². The predicted octanol–water partition coefficient (Wildman–Crippen LogP) is 2.43. The van der Waals surface area contributed by atoms with Gasteiger partial charge in [-0.1, -0.05) is 6.92 Å². The number of halogens is 3. The van der Waals surface area contributed by atoms with E-state index in [0.717, 1.165) is 0 Å². The minimum Gasteiger partial charge on any atom is -0.251 e. The minimum atomic E-state index is -1.61. The Kier molecular flexibility index (Phi) is 4.54. The van der Waals surface area contributed by atoms with Crippen LogP contribution in [0, 0.1) is 0 Å². The van der Waals surface area contributed by atoms with Crippen molar-refractivity contribution in [1.82, 2.24) is 0 Å². The molecule has 0 fully saturated rings. The van der Waals surface area contributed by atoms with Crippen molar-refractivity contribution in [1.29, 1.82) is 0 Å². The molecule has 0 saturated heterocycles. The Balaban J connectivity index is 3.32. The van der Waals surface area contributed by atoms with Crippen LogP contribution in [0.5, 0.6) is 0 Å². The monoisotopic (exact) mass is 140 g/mol. The van der Waals surface area contributed by atoms with Gasteiger partial charge in [0.1, 0.15) is 12.3 Å². The van der Waals surface area contributed by atoms with Crippen LogP contribution in [0.4, 0.5) is 13.2 Å². The maximum atomic E-state index is 12.2. The highest BCUT2D eigenvalue weighted by Crippen LogP contribution is 2.11. The van der Waals surface area contributed by atoms with E-state index >= 15 is 0 Å². The van der Waals surface area contributed by atoms with Gasteiger partial charge in [-0.25, -0.2) is 8.78 Å². The number of hydrogen-bond donors (Lipinski definition) is 0. The standard InChI is InChI=1S/C6H11F3/c1-2-5(8)6(9)3-4-7/h5-6H,2-4H2,1H3/t5?,6-/m0/s1. The molecule has 0 rings (SSSR count). The lowest BCUT2D eigenvalue weighted by atomic mass is 10.1. The van der Waals surface area contributed by atoms with Crippen LogP contribution in [0.2, 0.25) is 0 Å². The molecule has 2 atom stereocenters. The van der Waals surface area contributed by atoms with E-state index in [4.69, 9.17) is 0 Å². The van der Waals surface area contributed by atoms with Crippen molar-refractivity contribution in [3.05, 3.63) is 0 Å². The molecule has 0 aliphatic heterocycles. The van der Waals surface area contributed by atoms with Crippen molar-refractivity contribution in [3.63, 3.8) is 0 Å². The summed E-state index contributed by atoms with van der Waals surface area (Å²) in [5.74, 6) is 0. The van der Waals surface area contributed by atoms with E-state index < -0.39 is 19.0 Å². The van der Waals surface area contributed by atoms with Gasteiger partial charge >= 0.3 is 0 Å². The molecule has 56 valence electrons. The second-order valence-corrected chi connectivity index (χ2v) is 1.92. The SMILES string of the molecule is CCC(F)[C@@H](F)CCF. The maximum absolute atomic E-state index is 12.2. The van der Waals surface area contributed by atoms with Crippen molar-refractivity contribution < 1.29 is 13.2 Å². The topological polar surface area (TPSA) is 0 Å². The fourth-order valence-corrected chi connectivity index (χ4v) is 0.541. The molecule has 0 heterocycles. The van der Waals surface area contributed by atoms with Gasteiger partial charge in [-0.15, -0.1) is 0 Å². The first-order valence-electron chi connectivity index (χ1n) is 3.06. The van der Waals surface area contributed by atoms with E-state index in [9.17, 15) is 13.2 Å². The summed E-state index contributed by atoms with van der Waals surface area (Å²) in [6.07, 6.45) is -3.28. The quantitative estimate of drug-likeness (QED) is 0.562. The highest BCUT2D eigenvalue weighted by molar-refractivity contribution is 4.65. The summed E-state index contributed by atoms with van der Waals surface area (Å²) in [7, 11) is 0. The van der Waals surface area contributed by atoms with Gasteiger partial charge in [0.15, 0.2) is 0 Å². The molecule has 0 aliphatic rings. The van der Waals surface area contributed by atoms with Gasteiger partial charge in [-0.3, -0.25) is 4.39 Å². The van der Waals surface area contributed by atoms with Gasteiger partial charge in [0.25, 0.3) is 0 Å². The Labute approximate surface area is 53.1 Å². The molecule has 0 amide bonds. The van der Waals surface area contributed by atoms with Crippen LogP contribution in [-0.2, 0) is 0 Å². The molecule has 0 aromatic rings. The van der Waals surface area contributed by atoms with Crippen LogP contribution in [0.25, 0.3) is 0 Å². The van der Waals surface area contributed by atoms with Crippen molar-refractivity contribution >= 4 is 0 Å². The summed E-state index contributed by atoms with van der Waals surface area (Å²) < 4.78 is 35.7. The molecule has 3 heteroatoms. The second-order valence-electron chi connectivity index (χ2n) is 1.92. The van der Waals surface area contributed by atoms with Crippen LogP contribution in [0.3, 0.4) is 0 Å². The molecule has 0 N–H and O–H groups in total. The molecule has 9 heavy (non-hydrogen) atoms. The highest BCUT2D eigenvalue weighted by atomic mass is 19.2. The highest BCUT2D eigenvalue weighted by Gasteiger charge is 2.16. The van der Waals surface area contributed by atoms with Gasteiger partial charge < -0.3 is 0 Å². The zero-order chi connectivity index (χ0) is 7.28. The van der Waals surface area contributed by atoms with Crippen molar-refractivity contribution in [2.75, 3.05) is 6.67 Å². The molecule has 1 unspecified atom stereocenters. The van der Waals surface area contributed by atoms with Gasteiger partial charge in [-0.05, 0) is 6.42 Å². The summed E-state index contributed by atoms with van der Waals surface area (Å²) in [4.78, 5) is 0. The van der Waals surface area contributed by atoms with Gasteiger partial charge in [0.2, 0.25) is 0 Å². The number of alkyl halides is 3. The van der Waals surface area contributed by atoms with Crippen LogP contribution < -0.4 is 0 Å². The molecule has 0 aliphatic carbocycles. The van der Waals surface area contributed by atoms with Crippen LogP contribution >= 0.6 is 0 Å². The molecular formula is C6H11F3. The largest absolute Gasteiger partial charge is 0.251 e. The summed E-state index contributed by atoms with van der Waals surface area (Å²) >= 11 is 0. The number of hydrogen-bond acceptors (Lipinski definition) is 0. The molecule has 0 nitrogen and oxygen atoms in total. The van der Waals surface area contributed by atoms with Crippen LogP contribution in [0.15, 0.2) is 0 Å². The van der Waals surface area contributed by atoms with E-state index in [1.807, 2.05) is 0 Å². The molecular weight excluding hydrogens is 129 g/mol. The maximum Gasteiger partial charge on any atom is 0.134 e. The molecule has 0 saturated carbocycles. The number of rotatable bonds is 4. The van der Waals surface area contributed by atoms with E-state index in [1.54, 1.807) is 0 Å². The Hall–Kier alpha value is -0.210. The summed E-state index contributed by atoms with van der Waals surface area (Å²) in [6, 6.07) is 0. The fraction of sp³-hybridized carbons (Fsp3) is 1.00. The summed E-state index contributed by atoms with van der Waals surface area (Å²) in [6.45, 7) is 0.761. The third kappa shape index (κ3) is 3.38. The first-order valence-corrected chi connectivity index (χ1v) is 3.06. The molecule has 0 bridgehead atoms. The third-order valence-corrected chi connectivity index (χ3v) is 1.17. The van der Waals surface area contributed by atoms with E-state index in [1.165, 1.54) is 6.92 Å². The first kappa shape index (κ1) is 8.79. The van der Waals surface area contributed by atoms with Crippen molar-refractivity contribution in [2.45, 2.75) is 32.1 Å². The lowest BCUT2D eigenvalue weighted by Crippen LogP contribution is -2.16. The predicted molar refractivity (Wildman–Crippen MR) is 30.7 cm³/mol. The zero-order valence-electron chi connectivity index (χ0n) is 5.41. The normalized spacial score (nSPS) is 17.3. The summed E-state index contributed by atoms with van der Waals surface area (Å²) in [5, 5.41) is 0. The Morgan fingerprint density at radius 2 is 1.78 bits per heavy atom. The smallest absolute Gasteiger partial charge is 0.134 e. The van der Waals surface area contributed by atoms with Gasteiger partial charge in [-0.2, -0.15) is 0 Å². The van der Waals surface area contributed by atoms with Gasteiger partial charge in [0, 0.05) is 6.42 Å². The Morgan fingerprint density at radius 1 is 1.22 bits per heavy atom. The van der Waals surface area contributed by atoms with E-state index in [2.05, 4.69) is 0 Å². The lowest BCUT2D eigenvalue weighted by molar-refractivity contribution is 0.145. The third-order valence-electron chi connectivity index (χ3n) is 1.17. The van der Waals surface area contributed by atoms with Crippen LogP contribution in [-0.4, -0.2) is 19.0 Å². The van der Waals surface area contributed by atoms with Gasteiger partial charge in [0.05, 0.1) is 6.67 Å². The first-order chi connectivity index (χ1) is 4.22. The molecule has 0 aromatic carbocycles. The Bertz CT molecular complexity index is 65.3. The lowest BCUT2D eigenvalue weighted by Gasteiger charge is -2.07. The molecule has 0 spiro atoms. The minimum absolute atomic E-state index is 0.126. The molecule has 0 aromatic heterocycles. The second kappa shape index (κ2) is 4.65. The Morgan fingerprint density at radius 3 is 2.11 bits per heavy atom. The van der Waals surface area contributed by atoms with E-state index in [0.29, 0.717) is 0 Å². The fourth-order valence-electron chi connectivity index (χ4n) is 0.541.